The molecule has 9 heteroatoms. The van der Waals surface area contributed by atoms with Crippen molar-refractivity contribution in [1.82, 2.24) is 25.1 Å². The molecule has 0 bridgehead atoms. The zero-order valence-electron chi connectivity index (χ0n) is 13.1. The number of aliphatic carboxylic acids is 1. The Balaban J connectivity index is 1.71. The summed E-state index contributed by atoms with van der Waals surface area (Å²) in [6, 6.07) is 8.38. The van der Waals surface area contributed by atoms with E-state index in [4.69, 9.17) is 4.74 Å². The molecule has 1 amide bonds. The molecule has 2 heterocycles. The van der Waals surface area contributed by atoms with Gasteiger partial charge in [-0.15, -0.1) is 10.2 Å². The Morgan fingerprint density at radius 2 is 2.08 bits per heavy atom. The number of amides is 1. The number of nitrogens with zero attached hydrogens (tertiary/aromatic N) is 5. The van der Waals surface area contributed by atoms with Gasteiger partial charge in [-0.2, -0.15) is 4.80 Å². The van der Waals surface area contributed by atoms with E-state index in [2.05, 4.69) is 15.4 Å². The molecular formula is C15H17N5O4. The van der Waals surface area contributed by atoms with Crippen LogP contribution in [0.3, 0.4) is 0 Å². The van der Waals surface area contributed by atoms with Gasteiger partial charge in [0.1, 0.15) is 12.6 Å². The first-order chi connectivity index (χ1) is 11.6. The minimum absolute atomic E-state index is 0.167. The largest absolute Gasteiger partial charge is 0.480 e. The van der Waals surface area contributed by atoms with Crippen molar-refractivity contribution in [2.75, 3.05) is 13.7 Å². The van der Waals surface area contributed by atoms with Crippen LogP contribution in [-0.4, -0.2) is 67.9 Å². The summed E-state index contributed by atoms with van der Waals surface area (Å²) in [5, 5.41) is 21.2. The van der Waals surface area contributed by atoms with Gasteiger partial charge in [0, 0.05) is 25.6 Å². The van der Waals surface area contributed by atoms with Crippen LogP contribution in [0.25, 0.3) is 11.4 Å². The van der Waals surface area contributed by atoms with E-state index in [-0.39, 0.29) is 31.5 Å². The maximum atomic E-state index is 12.4. The highest BCUT2D eigenvalue weighted by Gasteiger charge is 2.39. The van der Waals surface area contributed by atoms with Gasteiger partial charge in [-0.1, -0.05) is 30.3 Å². The molecule has 126 valence electrons. The summed E-state index contributed by atoms with van der Waals surface area (Å²) in [5.41, 5.74) is 0.792. The Morgan fingerprint density at radius 1 is 1.33 bits per heavy atom. The summed E-state index contributed by atoms with van der Waals surface area (Å²) in [6.07, 6.45) is -0.00362. The second-order valence-electron chi connectivity index (χ2n) is 5.50. The predicted molar refractivity (Wildman–Crippen MR) is 81.8 cm³/mol. The normalized spacial score (nSPS) is 20.3. The second kappa shape index (κ2) is 6.75. The maximum Gasteiger partial charge on any atom is 0.326 e. The van der Waals surface area contributed by atoms with E-state index in [9.17, 15) is 14.7 Å². The second-order valence-corrected chi connectivity index (χ2v) is 5.50. The minimum atomic E-state index is -1.04. The van der Waals surface area contributed by atoms with Gasteiger partial charge in [-0.05, 0) is 5.21 Å². The molecule has 1 N–H and O–H groups in total. The molecule has 24 heavy (non-hydrogen) atoms. The van der Waals surface area contributed by atoms with Crippen LogP contribution in [0.2, 0.25) is 0 Å². The number of tetrazole rings is 1. The van der Waals surface area contributed by atoms with E-state index in [1.54, 1.807) is 0 Å². The average Bonchev–Trinajstić information content (AvgIpc) is 3.22. The Morgan fingerprint density at radius 3 is 2.75 bits per heavy atom. The molecule has 1 aromatic heterocycles. The molecule has 0 aliphatic carbocycles. The molecule has 2 aromatic rings. The van der Waals surface area contributed by atoms with Gasteiger partial charge < -0.3 is 14.7 Å². The number of methoxy groups -OCH3 is 1. The van der Waals surface area contributed by atoms with Gasteiger partial charge in [0.25, 0.3) is 0 Å². The fraction of sp³-hybridized carbons (Fsp3) is 0.400. The first-order valence-corrected chi connectivity index (χ1v) is 7.46. The quantitative estimate of drug-likeness (QED) is 0.823. The number of carboxylic acids is 1. The van der Waals surface area contributed by atoms with Gasteiger partial charge in [-0.3, -0.25) is 4.79 Å². The summed E-state index contributed by atoms with van der Waals surface area (Å²) in [7, 11) is 1.50. The molecule has 9 nitrogen and oxygen atoms in total. The fourth-order valence-electron chi connectivity index (χ4n) is 2.70. The third-order valence-electron chi connectivity index (χ3n) is 3.96. The molecule has 0 radical (unpaired) electrons. The monoisotopic (exact) mass is 331 g/mol. The molecule has 1 saturated heterocycles. The number of carbonyl (C=O) groups excluding carboxylic acids is 1. The lowest BCUT2D eigenvalue weighted by Gasteiger charge is -2.20. The van der Waals surface area contributed by atoms with Crippen molar-refractivity contribution in [3.05, 3.63) is 30.3 Å². The highest BCUT2D eigenvalue weighted by atomic mass is 16.5. The lowest BCUT2D eigenvalue weighted by atomic mass is 10.2. The number of carboxylic acid groups (broad SMARTS) is 1. The van der Waals surface area contributed by atoms with Crippen LogP contribution >= 0.6 is 0 Å². The van der Waals surface area contributed by atoms with Crippen LogP contribution in [0.15, 0.2) is 30.3 Å². The van der Waals surface area contributed by atoms with E-state index in [0.717, 1.165) is 5.56 Å². The van der Waals surface area contributed by atoms with Gasteiger partial charge in [0.15, 0.2) is 0 Å². The smallest absolute Gasteiger partial charge is 0.326 e. The first-order valence-electron chi connectivity index (χ1n) is 7.46. The van der Waals surface area contributed by atoms with Crippen LogP contribution in [-0.2, 0) is 20.9 Å². The van der Waals surface area contributed by atoms with Crippen LogP contribution in [0.1, 0.15) is 6.42 Å². The molecule has 1 fully saturated rings. The fourth-order valence-corrected chi connectivity index (χ4v) is 2.70. The van der Waals surface area contributed by atoms with Gasteiger partial charge >= 0.3 is 5.97 Å². The summed E-state index contributed by atoms with van der Waals surface area (Å²) in [5.74, 6) is -1.01. The number of hydrogen-bond donors (Lipinski definition) is 1. The third-order valence-corrected chi connectivity index (χ3v) is 3.96. The van der Waals surface area contributed by atoms with Gasteiger partial charge in [0.05, 0.1) is 6.10 Å². The number of ether oxygens (including phenoxy) is 1. The number of rotatable bonds is 5. The Labute approximate surface area is 137 Å². The van der Waals surface area contributed by atoms with Crippen molar-refractivity contribution < 1.29 is 19.4 Å². The Hall–Kier alpha value is -2.81. The lowest BCUT2D eigenvalue weighted by Crippen LogP contribution is -2.42. The van der Waals surface area contributed by atoms with Gasteiger partial charge in [0.2, 0.25) is 11.7 Å². The van der Waals surface area contributed by atoms with E-state index >= 15 is 0 Å². The molecule has 1 aliphatic heterocycles. The standard InChI is InChI=1S/C15H17N5O4/c1-24-11-7-12(15(22)23)19(8-11)13(21)9-20-17-14(16-18-20)10-5-3-2-4-6-10/h2-6,11-12H,7-9H2,1H3,(H,22,23). The van der Waals surface area contributed by atoms with Crippen LogP contribution in [0.4, 0.5) is 0 Å². The number of carbonyl (C=O) groups is 2. The van der Waals surface area contributed by atoms with Crippen LogP contribution < -0.4 is 0 Å². The molecule has 1 aliphatic rings. The van der Waals surface area contributed by atoms with Crippen molar-refractivity contribution >= 4 is 11.9 Å². The number of likely N-dealkylation sites (tertiary alicyclic amines) is 1. The molecule has 3 rings (SSSR count). The molecule has 1 aromatic carbocycles. The topological polar surface area (TPSA) is 110 Å². The SMILES string of the molecule is COC1CC(C(=O)O)N(C(=O)Cn2nnc(-c3ccccc3)n2)C1. The average molecular weight is 331 g/mol. The van der Waals surface area contributed by atoms with Gasteiger partial charge in [-0.25, -0.2) is 4.79 Å². The van der Waals surface area contributed by atoms with Crippen molar-refractivity contribution in [1.29, 1.82) is 0 Å². The zero-order valence-corrected chi connectivity index (χ0v) is 13.1. The van der Waals surface area contributed by atoms with E-state index in [1.165, 1.54) is 16.8 Å². The molecule has 2 atom stereocenters. The molecule has 0 saturated carbocycles. The minimum Gasteiger partial charge on any atom is -0.480 e. The van der Waals surface area contributed by atoms with E-state index in [0.29, 0.717) is 5.82 Å². The molecule has 0 spiro atoms. The zero-order chi connectivity index (χ0) is 17.1. The van der Waals surface area contributed by atoms with E-state index in [1.807, 2.05) is 30.3 Å². The molecular weight excluding hydrogens is 314 g/mol. The van der Waals surface area contributed by atoms with Crippen LogP contribution in [0.5, 0.6) is 0 Å². The third kappa shape index (κ3) is 3.25. The van der Waals surface area contributed by atoms with Crippen molar-refractivity contribution in [3.8, 4) is 11.4 Å². The number of aromatic nitrogens is 4. The highest BCUT2D eigenvalue weighted by molar-refractivity contribution is 5.84. The Kier molecular flexibility index (Phi) is 4.52. The maximum absolute atomic E-state index is 12.4. The highest BCUT2D eigenvalue weighted by Crippen LogP contribution is 2.21. The lowest BCUT2D eigenvalue weighted by molar-refractivity contribution is -0.148. The van der Waals surface area contributed by atoms with Crippen molar-refractivity contribution in [2.45, 2.75) is 25.1 Å². The summed E-state index contributed by atoms with van der Waals surface area (Å²) >= 11 is 0. The van der Waals surface area contributed by atoms with Crippen molar-refractivity contribution in [2.24, 2.45) is 0 Å². The van der Waals surface area contributed by atoms with Crippen molar-refractivity contribution in [3.63, 3.8) is 0 Å². The number of benzene rings is 1. The number of hydrogen-bond acceptors (Lipinski definition) is 6. The summed E-state index contributed by atoms with van der Waals surface area (Å²) in [4.78, 5) is 26.2. The summed E-state index contributed by atoms with van der Waals surface area (Å²) < 4.78 is 5.18. The molecule has 2 unspecified atom stereocenters. The summed E-state index contributed by atoms with van der Waals surface area (Å²) in [6.45, 7) is 0.0760. The first kappa shape index (κ1) is 16.1. The predicted octanol–water partition coefficient (Wildman–Crippen LogP) is 0.0406. The Bertz CT molecular complexity index is 732. The van der Waals surface area contributed by atoms with Crippen LogP contribution in [0, 0.1) is 0 Å². The van der Waals surface area contributed by atoms with E-state index < -0.39 is 12.0 Å².